The molecule has 10 aliphatic rings. The second kappa shape index (κ2) is 33.9. The first-order valence-electron chi connectivity index (χ1n) is 41.6. The summed E-state index contributed by atoms with van der Waals surface area (Å²) in [6.07, 6.45) is 3.76. The van der Waals surface area contributed by atoms with Gasteiger partial charge in [-0.25, -0.2) is 35.6 Å². The summed E-state index contributed by atoms with van der Waals surface area (Å²) in [5.74, 6) is -9.34. The fourth-order valence-electron chi connectivity index (χ4n) is 18.2. The molecule has 656 valence electrons. The summed E-state index contributed by atoms with van der Waals surface area (Å²) in [4.78, 5) is 125. The van der Waals surface area contributed by atoms with Crippen LogP contribution in [0.2, 0.25) is 0 Å². The van der Waals surface area contributed by atoms with Gasteiger partial charge in [0, 0.05) is 59.6 Å². The van der Waals surface area contributed by atoms with Crippen LogP contribution in [0.5, 0.6) is 23.3 Å². The van der Waals surface area contributed by atoms with Crippen LogP contribution in [-0.4, -0.2) is 181 Å². The minimum atomic E-state index is -4.88. The number of alkyl halides is 8. The zero-order valence-electron chi connectivity index (χ0n) is 68.6. The summed E-state index contributed by atoms with van der Waals surface area (Å²) in [7, 11) is -8.83. The van der Waals surface area contributed by atoms with Crippen molar-refractivity contribution in [2.75, 3.05) is 39.7 Å². The van der Waals surface area contributed by atoms with E-state index in [1.165, 1.54) is 9.80 Å². The number of carbonyl (C=O) groups is 8. The monoisotopic (exact) mass is 1730 g/mol. The summed E-state index contributed by atoms with van der Waals surface area (Å²) in [5, 5.41) is 2.83. The van der Waals surface area contributed by atoms with Gasteiger partial charge in [0.2, 0.25) is 66.6 Å². The van der Waals surface area contributed by atoms with E-state index in [1.807, 2.05) is 62.4 Å². The molecule has 8 heterocycles. The Balaban J connectivity index is 0.000000207. The number of Topliss-reactive ketones (excluding diaryl/α,β-unsaturated/α-hetero) is 2. The van der Waals surface area contributed by atoms with Gasteiger partial charge >= 0.3 is 24.3 Å². The molecule has 6 aliphatic heterocycles. The number of benzene rings is 2. The van der Waals surface area contributed by atoms with E-state index in [0.29, 0.717) is 62.5 Å². The molecule has 4 amide bonds. The van der Waals surface area contributed by atoms with Gasteiger partial charge in [-0.3, -0.25) is 47.8 Å². The molecule has 0 bridgehead atoms. The number of nitrogens with one attached hydrogen (secondary N) is 2. The quantitative estimate of drug-likeness (QED) is 0.0531. The molecule has 0 radical (unpaired) electrons. The standard InChI is InChI=1S/2C43H53F4N3O9S/c2*1-25-8-5-6-10-28-21-42(28,39(54)49-60(55,56)41(24-44)14-15-41)22-34(51)33-19-29(58-37-31-12-11-27-9-7-17-57-36(27)30(31)13-16-48-37)23-50(33)38(53)32(26(2)18-25)20-35(52)59-40(3,4)43(45,46)47/h2*6,10-13,16,25-26,28-29,32-33H,5,7-9,14-15,17-24H2,1-4H3,(H,49,54)/b2*10-6-/t25-,26+,28+,29+,32-,33-,42+;25-,26-,28-,29-,32+,33+,42-/m01/s1. The third kappa shape index (κ3) is 18.3. The van der Waals surface area contributed by atoms with Crippen molar-refractivity contribution in [3.8, 4) is 23.3 Å². The van der Waals surface area contributed by atoms with Gasteiger partial charge in [0.1, 0.15) is 46.6 Å². The summed E-state index contributed by atoms with van der Waals surface area (Å²) < 4.78 is 199. The Bertz CT molecular complexity index is 4650. The van der Waals surface area contributed by atoms with Crippen molar-refractivity contribution >= 4 is 88.7 Å². The van der Waals surface area contributed by atoms with Gasteiger partial charge in [0.05, 0.1) is 73.9 Å². The lowest BCUT2D eigenvalue weighted by molar-refractivity contribution is -0.257. The van der Waals surface area contributed by atoms with Gasteiger partial charge in [-0.15, -0.1) is 0 Å². The van der Waals surface area contributed by atoms with E-state index in [1.54, 1.807) is 38.4 Å². The smallest absolute Gasteiger partial charge is 0.427 e. The van der Waals surface area contributed by atoms with Gasteiger partial charge in [0.25, 0.3) is 0 Å². The fourth-order valence-corrected chi connectivity index (χ4v) is 21.1. The predicted molar refractivity (Wildman–Crippen MR) is 422 cm³/mol. The van der Waals surface area contributed by atoms with Crippen molar-refractivity contribution in [1.82, 2.24) is 29.2 Å². The topological polar surface area (TPSA) is 317 Å². The third-order valence-corrected chi connectivity index (χ3v) is 30.8. The highest BCUT2D eigenvalue weighted by Gasteiger charge is 2.66. The van der Waals surface area contributed by atoms with E-state index < -0.39 is 210 Å². The van der Waals surface area contributed by atoms with Crippen LogP contribution >= 0.6 is 0 Å². The lowest BCUT2D eigenvalue weighted by atomic mass is 9.82. The number of rotatable bonds is 18. The lowest BCUT2D eigenvalue weighted by Crippen LogP contribution is -2.49. The maximum atomic E-state index is 14.9. The van der Waals surface area contributed by atoms with Crippen LogP contribution in [0.25, 0.3) is 21.5 Å². The second-order valence-electron chi connectivity index (χ2n) is 36.4. The molecule has 14 atom stereocenters. The molecule has 34 heteroatoms. The number of fused-ring (bicyclic) bond motifs is 10. The Kier molecular flexibility index (Phi) is 25.2. The summed E-state index contributed by atoms with van der Waals surface area (Å²) >= 11 is 0. The second-order valence-corrected chi connectivity index (χ2v) is 40.5. The fraction of sp³-hybridized carbons (Fsp3) is 0.651. The van der Waals surface area contributed by atoms with Crippen molar-refractivity contribution in [2.24, 2.45) is 58.2 Å². The van der Waals surface area contributed by atoms with Crippen molar-refractivity contribution in [2.45, 2.75) is 254 Å². The van der Waals surface area contributed by atoms with Crippen LogP contribution in [0.3, 0.4) is 0 Å². The predicted octanol–water partition coefficient (Wildman–Crippen LogP) is 13.4. The Labute approximate surface area is 692 Å². The molecular formula is C86H106F8N6O18S2. The first kappa shape index (κ1) is 89.2. The zero-order chi connectivity index (χ0) is 86.8. The number of esters is 2. The molecule has 120 heavy (non-hydrogen) atoms. The molecule has 14 rings (SSSR count). The third-order valence-electron chi connectivity index (χ3n) is 26.6. The van der Waals surface area contributed by atoms with Crippen molar-refractivity contribution < 1.29 is 119 Å². The minimum Gasteiger partial charge on any atom is -0.493 e. The molecule has 2 N–H and O–H groups in total. The van der Waals surface area contributed by atoms with Crippen molar-refractivity contribution in [3.05, 3.63) is 84.2 Å². The summed E-state index contributed by atoms with van der Waals surface area (Å²) in [5.41, 5.74) is -6.58. The number of sulfonamides is 2. The molecule has 4 saturated carbocycles. The number of ether oxygens (including phenoxy) is 6. The minimum absolute atomic E-state index is 0.0141. The van der Waals surface area contributed by atoms with E-state index in [9.17, 15) is 90.3 Å². The van der Waals surface area contributed by atoms with Crippen molar-refractivity contribution in [3.63, 3.8) is 0 Å². The molecule has 24 nitrogen and oxygen atoms in total. The van der Waals surface area contributed by atoms with E-state index in [2.05, 4.69) is 19.4 Å². The Morgan fingerprint density at radius 2 is 0.917 bits per heavy atom. The molecule has 0 unspecified atom stereocenters. The lowest BCUT2D eigenvalue weighted by Gasteiger charge is -2.33. The summed E-state index contributed by atoms with van der Waals surface area (Å²) in [6.45, 7) is 8.78. The maximum Gasteiger partial charge on any atom is 0.427 e. The molecule has 2 saturated heterocycles. The van der Waals surface area contributed by atoms with Crippen LogP contribution in [-0.2, 0) is 80.7 Å². The first-order valence-corrected chi connectivity index (χ1v) is 44.6. The highest BCUT2D eigenvalue weighted by Crippen LogP contribution is 2.60. The number of halogens is 8. The largest absolute Gasteiger partial charge is 0.493 e. The van der Waals surface area contributed by atoms with Crippen LogP contribution in [0.4, 0.5) is 35.1 Å². The number of amides is 4. The molecule has 4 aromatic rings. The average molecular weight is 1730 g/mol. The van der Waals surface area contributed by atoms with Crippen molar-refractivity contribution in [1.29, 1.82) is 0 Å². The number of carbonyl (C=O) groups excluding carboxylic acids is 8. The molecule has 6 fully saturated rings. The highest BCUT2D eigenvalue weighted by atomic mass is 32.2. The van der Waals surface area contributed by atoms with E-state index in [-0.39, 0.29) is 88.1 Å². The number of ketones is 2. The number of hydrogen-bond donors (Lipinski definition) is 2. The molecule has 4 aliphatic carbocycles. The van der Waals surface area contributed by atoms with Crippen LogP contribution < -0.4 is 28.4 Å². The first-order chi connectivity index (χ1) is 56.4. The number of pyridine rings is 2. The van der Waals surface area contributed by atoms with E-state index in [4.69, 9.17) is 28.4 Å². The number of aryl methyl sites for hydroxylation is 2. The average Bonchev–Trinajstić information content (AvgIpc) is 1.56. The normalized spacial score (nSPS) is 30.1. The Hall–Kier alpha value is -8.56. The molecule has 2 aromatic heterocycles. The Morgan fingerprint density at radius 3 is 1.27 bits per heavy atom. The molecule has 0 spiro atoms. The van der Waals surface area contributed by atoms with Crippen LogP contribution in [0.15, 0.2) is 73.1 Å². The maximum absolute atomic E-state index is 14.9. The molecule has 2 aromatic carbocycles. The van der Waals surface area contributed by atoms with Crippen LogP contribution in [0.1, 0.15) is 195 Å². The number of aromatic nitrogens is 2. The Morgan fingerprint density at radius 1 is 0.542 bits per heavy atom. The van der Waals surface area contributed by atoms with E-state index >= 15 is 0 Å². The number of nitrogens with zero attached hydrogens (tertiary/aromatic N) is 4. The highest BCUT2D eigenvalue weighted by molar-refractivity contribution is 7.92. The van der Waals surface area contributed by atoms with Gasteiger partial charge in [-0.05, 0) is 201 Å². The number of allylic oxidation sites excluding steroid dienone is 4. The SMILES string of the molecule is C[C@@H]1CC/C=C\[C@@H]2C[C@@]2(C(=O)NS(=O)(=O)C2(CF)CC2)CC(=O)[C@@H]2C[C@@H](Oc3nccc4c5c(ccc34)CCCO5)CN2C(=O)[C@@H](CC(=O)OC(C)(C)C(F)(F)F)[C@H](C)C1.C[C@H]1CC/C=C\[C@@H]2C[C@@]2(C(=O)NS(=O)(=O)C2(CF)CC2)CC(=O)[C@@H]2C[C@@H](Oc3nccc4c5c(ccc34)CCCO5)CN2C(=O)[C@@H](CC(=O)OC(C)(C)C(F)(F)F)[C@H](C)C1. The van der Waals surface area contributed by atoms with Gasteiger partial charge in [-0.1, -0.05) is 64.1 Å². The van der Waals surface area contributed by atoms with Gasteiger partial charge < -0.3 is 38.2 Å². The van der Waals surface area contributed by atoms with E-state index in [0.717, 1.165) is 86.8 Å². The molecular weight excluding hydrogens is 1620 g/mol. The zero-order valence-corrected chi connectivity index (χ0v) is 70.3. The van der Waals surface area contributed by atoms with Gasteiger partial charge in [-0.2, -0.15) is 26.3 Å². The summed E-state index contributed by atoms with van der Waals surface area (Å²) in [6, 6.07) is 8.80. The van der Waals surface area contributed by atoms with Gasteiger partial charge in [0.15, 0.2) is 11.6 Å². The number of hydrogen-bond acceptors (Lipinski definition) is 20. The van der Waals surface area contributed by atoms with Crippen LogP contribution in [0, 0.1) is 58.2 Å².